The molecule has 0 radical (unpaired) electrons. The van der Waals surface area contributed by atoms with Crippen molar-refractivity contribution in [3.05, 3.63) is 0 Å². The monoisotopic (exact) mass is 185 g/mol. The molecule has 2 N–H and O–H groups in total. The number of carboxylic acids is 1. The Kier molecular flexibility index (Phi) is 3.31. The standard InChI is InChI=1S/C10H19NO2/c1-3-6-11-10(2,9(12)13)7-8-4-5-8/h8,11H,3-7H2,1-2H3,(H,12,13). The number of carbonyl (C=O) groups is 1. The summed E-state index contributed by atoms with van der Waals surface area (Å²) in [7, 11) is 0. The lowest BCUT2D eigenvalue weighted by atomic mass is 9.95. The molecule has 1 aliphatic rings. The Morgan fingerprint density at radius 1 is 1.62 bits per heavy atom. The maximum atomic E-state index is 11.0. The predicted molar refractivity (Wildman–Crippen MR) is 51.7 cm³/mol. The molecule has 0 saturated heterocycles. The highest BCUT2D eigenvalue weighted by atomic mass is 16.4. The normalized spacial score (nSPS) is 21.1. The molecule has 3 nitrogen and oxygen atoms in total. The van der Waals surface area contributed by atoms with Gasteiger partial charge in [-0.25, -0.2) is 0 Å². The second-order valence-corrected chi connectivity index (χ2v) is 4.21. The first-order valence-electron chi connectivity index (χ1n) is 5.07. The molecule has 0 aromatic carbocycles. The van der Waals surface area contributed by atoms with E-state index in [0.717, 1.165) is 19.4 Å². The van der Waals surface area contributed by atoms with Gasteiger partial charge in [-0.05, 0) is 32.2 Å². The van der Waals surface area contributed by atoms with Crippen LogP contribution >= 0.6 is 0 Å². The van der Waals surface area contributed by atoms with E-state index in [4.69, 9.17) is 5.11 Å². The third-order valence-electron chi connectivity index (χ3n) is 2.63. The van der Waals surface area contributed by atoms with Crippen molar-refractivity contribution in [1.29, 1.82) is 0 Å². The van der Waals surface area contributed by atoms with Crippen LogP contribution in [-0.4, -0.2) is 23.2 Å². The summed E-state index contributed by atoms with van der Waals surface area (Å²) in [4.78, 5) is 11.0. The highest BCUT2D eigenvalue weighted by Gasteiger charge is 2.38. The quantitative estimate of drug-likeness (QED) is 0.661. The number of nitrogens with one attached hydrogen (secondary N) is 1. The molecule has 13 heavy (non-hydrogen) atoms. The summed E-state index contributed by atoms with van der Waals surface area (Å²) in [5, 5.41) is 12.2. The zero-order valence-corrected chi connectivity index (χ0v) is 8.47. The molecule has 1 atom stereocenters. The Labute approximate surface area is 79.5 Å². The molecule has 0 bridgehead atoms. The van der Waals surface area contributed by atoms with Crippen molar-refractivity contribution < 1.29 is 9.90 Å². The fourth-order valence-electron chi connectivity index (χ4n) is 1.54. The summed E-state index contributed by atoms with van der Waals surface area (Å²) < 4.78 is 0. The smallest absolute Gasteiger partial charge is 0.323 e. The average Bonchev–Trinajstić information content (AvgIpc) is 2.84. The molecule has 0 aromatic rings. The van der Waals surface area contributed by atoms with Crippen molar-refractivity contribution in [2.75, 3.05) is 6.54 Å². The van der Waals surface area contributed by atoms with Gasteiger partial charge in [-0.2, -0.15) is 0 Å². The van der Waals surface area contributed by atoms with Gasteiger partial charge in [0.1, 0.15) is 5.54 Å². The molecular weight excluding hydrogens is 166 g/mol. The summed E-state index contributed by atoms with van der Waals surface area (Å²) in [6.45, 7) is 4.63. The lowest BCUT2D eigenvalue weighted by molar-refractivity contribution is -0.144. The van der Waals surface area contributed by atoms with Crippen LogP contribution in [0.3, 0.4) is 0 Å². The van der Waals surface area contributed by atoms with Gasteiger partial charge in [-0.3, -0.25) is 4.79 Å². The molecule has 76 valence electrons. The van der Waals surface area contributed by atoms with Crippen molar-refractivity contribution in [2.45, 2.75) is 45.1 Å². The predicted octanol–water partition coefficient (Wildman–Crippen LogP) is 1.63. The Morgan fingerprint density at radius 3 is 2.62 bits per heavy atom. The van der Waals surface area contributed by atoms with Gasteiger partial charge in [-0.15, -0.1) is 0 Å². The first-order chi connectivity index (χ1) is 6.08. The molecular formula is C10H19NO2. The fourth-order valence-corrected chi connectivity index (χ4v) is 1.54. The van der Waals surface area contributed by atoms with Crippen LogP contribution in [-0.2, 0) is 4.79 Å². The second kappa shape index (κ2) is 4.09. The number of hydrogen-bond acceptors (Lipinski definition) is 2. The van der Waals surface area contributed by atoms with Crippen molar-refractivity contribution in [3.8, 4) is 0 Å². The molecule has 1 rings (SSSR count). The summed E-state index contributed by atoms with van der Waals surface area (Å²) in [6, 6.07) is 0. The zero-order valence-electron chi connectivity index (χ0n) is 8.47. The molecule has 0 amide bonds. The van der Waals surface area contributed by atoms with Crippen LogP contribution in [0.5, 0.6) is 0 Å². The number of carboxylic acid groups (broad SMARTS) is 1. The summed E-state index contributed by atoms with van der Waals surface area (Å²) in [6.07, 6.45) is 4.17. The maximum absolute atomic E-state index is 11.0. The lowest BCUT2D eigenvalue weighted by Crippen LogP contribution is -2.50. The first kappa shape index (κ1) is 10.5. The van der Waals surface area contributed by atoms with Crippen LogP contribution in [0.4, 0.5) is 0 Å². The van der Waals surface area contributed by atoms with E-state index in [1.54, 1.807) is 6.92 Å². The Bertz CT molecular complexity index is 189. The van der Waals surface area contributed by atoms with Gasteiger partial charge in [0.05, 0.1) is 0 Å². The lowest BCUT2D eigenvalue weighted by Gasteiger charge is -2.26. The Balaban J connectivity index is 2.45. The van der Waals surface area contributed by atoms with E-state index in [1.807, 2.05) is 6.92 Å². The molecule has 1 saturated carbocycles. The molecule has 0 aliphatic heterocycles. The summed E-state index contributed by atoms with van der Waals surface area (Å²) in [5.41, 5.74) is -0.697. The van der Waals surface area contributed by atoms with Gasteiger partial charge < -0.3 is 10.4 Å². The number of rotatable bonds is 6. The maximum Gasteiger partial charge on any atom is 0.323 e. The van der Waals surface area contributed by atoms with E-state index in [-0.39, 0.29) is 0 Å². The van der Waals surface area contributed by atoms with Crippen LogP contribution in [0.2, 0.25) is 0 Å². The summed E-state index contributed by atoms with van der Waals surface area (Å²) >= 11 is 0. The van der Waals surface area contributed by atoms with Crippen molar-refractivity contribution in [2.24, 2.45) is 5.92 Å². The van der Waals surface area contributed by atoms with Gasteiger partial charge in [0, 0.05) is 0 Å². The van der Waals surface area contributed by atoms with Crippen molar-refractivity contribution in [1.82, 2.24) is 5.32 Å². The first-order valence-corrected chi connectivity index (χ1v) is 5.07. The number of hydrogen-bond donors (Lipinski definition) is 2. The Hall–Kier alpha value is -0.570. The van der Waals surface area contributed by atoms with Gasteiger partial charge in [-0.1, -0.05) is 19.8 Å². The van der Waals surface area contributed by atoms with Crippen LogP contribution in [0, 0.1) is 5.92 Å². The topological polar surface area (TPSA) is 49.3 Å². The minimum atomic E-state index is -0.715. The number of aliphatic carboxylic acids is 1. The van der Waals surface area contributed by atoms with Crippen LogP contribution in [0.25, 0.3) is 0 Å². The van der Waals surface area contributed by atoms with Crippen LogP contribution in [0.1, 0.15) is 39.5 Å². The minimum absolute atomic E-state index is 0.644. The van der Waals surface area contributed by atoms with E-state index in [9.17, 15) is 4.79 Å². The molecule has 0 spiro atoms. The zero-order chi connectivity index (χ0) is 9.90. The van der Waals surface area contributed by atoms with Crippen molar-refractivity contribution >= 4 is 5.97 Å². The van der Waals surface area contributed by atoms with E-state index in [1.165, 1.54) is 12.8 Å². The SMILES string of the molecule is CCCNC(C)(CC1CC1)C(=O)O. The minimum Gasteiger partial charge on any atom is -0.480 e. The highest BCUT2D eigenvalue weighted by Crippen LogP contribution is 2.36. The van der Waals surface area contributed by atoms with E-state index < -0.39 is 11.5 Å². The second-order valence-electron chi connectivity index (χ2n) is 4.21. The van der Waals surface area contributed by atoms with Crippen LogP contribution in [0.15, 0.2) is 0 Å². The van der Waals surface area contributed by atoms with E-state index >= 15 is 0 Å². The third kappa shape index (κ3) is 2.99. The largest absolute Gasteiger partial charge is 0.480 e. The molecule has 3 heteroatoms. The van der Waals surface area contributed by atoms with Gasteiger partial charge in [0.15, 0.2) is 0 Å². The summed E-state index contributed by atoms with van der Waals surface area (Å²) in [5.74, 6) is -0.0710. The molecule has 0 heterocycles. The van der Waals surface area contributed by atoms with E-state index in [2.05, 4.69) is 5.32 Å². The van der Waals surface area contributed by atoms with Crippen molar-refractivity contribution in [3.63, 3.8) is 0 Å². The highest BCUT2D eigenvalue weighted by molar-refractivity contribution is 5.78. The molecule has 1 unspecified atom stereocenters. The van der Waals surface area contributed by atoms with Crippen LogP contribution < -0.4 is 5.32 Å². The fraction of sp³-hybridized carbons (Fsp3) is 0.900. The van der Waals surface area contributed by atoms with Gasteiger partial charge in [0.25, 0.3) is 0 Å². The third-order valence-corrected chi connectivity index (χ3v) is 2.63. The average molecular weight is 185 g/mol. The molecule has 0 aromatic heterocycles. The molecule has 1 fully saturated rings. The van der Waals surface area contributed by atoms with Gasteiger partial charge >= 0.3 is 5.97 Å². The van der Waals surface area contributed by atoms with Gasteiger partial charge in [0.2, 0.25) is 0 Å². The Morgan fingerprint density at radius 2 is 2.23 bits per heavy atom. The molecule has 1 aliphatic carbocycles. The van der Waals surface area contributed by atoms with E-state index in [0.29, 0.717) is 5.92 Å².